The molecule has 0 radical (unpaired) electrons. The van der Waals surface area contributed by atoms with Gasteiger partial charge in [0.1, 0.15) is 11.5 Å². The summed E-state index contributed by atoms with van der Waals surface area (Å²) in [6, 6.07) is 11.3. The number of anilines is 2. The maximum absolute atomic E-state index is 12.3. The van der Waals surface area contributed by atoms with E-state index in [2.05, 4.69) is 20.1 Å². The van der Waals surface area contributed by atoms with Crippen molar-refractivity contribution in [1.82, 2.24) is 0 Å². The summed E-state index contributed by atoms with van der Waals surface area (Å²) in [6.45, 7) is -6.12. The van der Waals surface area contributed by atoms with E-state index in [1.165, 1.54) is 42.5 Å². The predicted octanol–water partition coefficient (Wildman–Crippen LogP) is 3.94. The molecule has 0 heterocycles. The molecule has 5 nitrogen and oxygen atoms in total. The fourth-order valence-corrected chi connectivity index (χ4v) is 1.91. The van der Waals surface area contributed by atoms with Gasteiger partial charge in [0.05, 0.1) is 12.2 Å². The number of halogens is 4. The van der Waals surface area contributed by atoms with Gasteiger partial charge in [-0.3, -0.25) is 4.79 Å². The summed E-state index contributed by atoms with van der Waals surface area (Å²) in [5.74, 6) is -0.586. The molecule has 0 atom stereocenters. The summed E-state index contributed by atoms with van der Waals surface area (Å²) >= 11 is 0. The van der Waals surface area contributed by atoms with E-state index < -0.39 is 19.1 Å². The zero-order valence-electron chi connectivity index (χ0n) is 12.7. The van der Waals surface area contributed by atoms with Crippen molar-refractivity contribution in [3.63, 3.8) is 0 Å². The zero-order valence-corrected chi connectivity index (χ0v) is 12.7. The van der Waals surface area contributed by atoms with Crippen LogP contribution in [0.5, 0.6) is 11.5 Å². The molecule has 0 bridgehead atoms. The van der Waals surface area contributed by atoms with Gasteiger partial charge in [-0.15, -0.1) is 0 Å². The van der Waals surface area contributed by atoms with Crippen LogP contribution < -0.4 is 20.1 Å². The van der Waals surface area contributed by atoms with Gasteiger partial charge in [-0.2, -0.15) is 17.6 Å². The van der Waals surface area contributed by atoms with Crippen LogP contribution in [0.1, 0.15) is 0 Å². The molecule has 0 unspecified atom stereocenters. The Balaban J connectivity index is 1.89. The minimum Gasteiger partial charge on any atom is -0.435 e. The number of ether oxygens (including phenoxy) is 2. The van der Waals surface area contributed by atoms with E-state index in [1.807, 2.05) is 0 Å². The van der Waals surface area contributed by atoms with Gasteiger partial charge in [-0.25, -0.2) is 0 Å². The third-order valence-electron chi connectivity index (χ3n) is 2.91. The van der Waals surface area contributed by atoms with Gasteiger partial charge in [0.2, 0.25) is 5.91 Å². The van der Waals surface area contributed by atoms with Crippen molar-refractivity contribution < 1.29 is 31.8 Å². The number of hydrogen-bond donors (Lipinski definition) is 2. The van der Waals surface area contributed by atoms with Crippen molar-refractivity contribution in [3.8, 4) is 11.5 Å². The van der Waals surface area contributed by atoms with Gasteiger partial charge in [0.15, 0.2) is 0 Å². The molecule has 0 saturated carbocycles. The molecule has 0 spiro atoms. The third-order valence-corrected chi connectivity index (χ3v) is 2.91. The Morgan fingerprint density at radius 3 is 2.20 bits per heavy atom. The lowest BCUT2D eigenvalue weighted by Crippen LogP contribution is -2.22. The molecule has 9 heteroatoms. The molecule has 2 N–H and O–H groups in total. The normalized spacial score (nSPS) is 10.6. The van der Waals surface area contributed by atoms with Crippen molar-refractivity contribution in [2.75, 3.05) is 17.2 Å². The Morgan fingerprint density at radius 2 is 1.56 bits per heavy atom. The lowest BCUT2D eigenvalue weighted by Gasteiger charge is -2.12. The summed E-state index contributed by atoms with van der Waals surface area (Å²) in [7, 11) is 0. The number of hydrogen-bond acceptors (Lipinski definition) is 4. The molecule has 0 aliphatic rings. The van der Waals surface area contributed by atoms with Crippen LogP contribution in [-0.4, -0.2) is 25.7 Å². The van der Waals surface area contributed by atoms with Crippen LogP contribution in [0.4, 0.5) is 28.9 Å². The van der Waals surface area contributed by atoms with Crippen LogP contribution in [0.2, 0.25) is 0 Å². The summed E-state index contributed by atoms with van der Waals surface area (Å²) in [6.07, 6.45) is 0. The molecule has 2 aromatic rings. The van der Waals surface area contributed by atoms with Crippen molar-refractivity contribution in [2.45, 2.75) is 13.2 Å². The van der Waals surface area contributed by atoms with Crippen molar-refractivity contribution in [2.24, 2.45) is 0 Å². The second kappa shape index (κ2) is 8.76. The Hall–Kier alpha value is -2.97. The molecule has 25 heavy (non-hydrogen) atoms. The lowest BCUT2D eigenvalue weighted by molar-refractivity contribution is -0.114. The highest BCUT2D eigenvalue weighted by Crippen LogP contribution is 2.25. The summed E-state index contributed by atoms with van der Waals surface area (Å²) in [4.78, 5) is 11.9. The largest absolute Gasteiger partial charge is 0.435 e. The lowest BCUT2D eigenvalue weighted by atomic mass is 10.3. The summed E-state index contributed by atoms with van der Waals surface area (Å²) < 4.78 is 57.2. The van der Waals surface area contributed by atoms with Crippen molar-refractivity contribution in [1.29, 1.82) is 0 Å². The molecule has 134 valence electrons. The first-order chi connectivity index (χ1) is 11.9. The monoisotopic (exact) mass is 358 g/mol. The van der Waals surface area contributed by atoms with E-state index in [4.69, 9.17) is 0 Å². The Morgan fingerprint density at radius 1 is 0.920 bits per heavy atom. The molecule has 1 amide bonds. The predicted molar refractivity (Wildman–Crippen MR) is 83.3 cm³/mol. The fraction of sp³-hybridized carbons (Fsp3) is 0.188. The molecule has 0 saturated heterocycles. The van der Waals surface area contributed by atoms with Crippen LogP contribution in [0.25, 0.3) is 0 Å². The second-order valence-corrected chi connectivity index (χ2v) is 4.68. The molecule has 0 fully saturated rings. The molecule has 2 aromatic carbocycles. The van der Waals surface area contributed by atoms with Crippen LogP contribution in [0.3, 0.4) is 0 Å². The first kappa shape index (κ1) is 18.4. The highest BCUT2D eigenvalue weighted by molar-refractivity contribution is 5.94. The summed E-state index contributed by atoms with van der Waals surface area (Å²) in [5, 5.41) is 5.20. The highest BCUT2D eigenvalue weighted by Gasteiger charge is 2.10. The van der Waals surface area contributed by atoms with E-state index in [1.54, 1.807) is 6.07 Å². The second-order valence-electron chi connectivity index (χ2n) is 4.68. The highest BCUT2D eigenvalue weighted by atomic mass is 19.3. The quantitative estimate of drug-likeness (QED) is 0.702. The Labute approximate surface area is 140 Å². The first-order valence-corrected chi connectivity index (χ1v) is 7.06. The number of rotatable bonds is 8. The smallest absolute Gasteiger partial charge is 0.387 e. The minimum atomic E-state index is -2.98. The van der Waals surface area contributed by atoms with Crippen LogP contribution in [0, 0.1) is 0 Å². The maximum Gasteiger partial charge on any atom is 0.387 e. The molecule has 0 aromatic heterocycles. The number of benzene rings is 2. The molecule has 0 aliphatic heterocycles. The minimum absolute atomic E-state index is 0.0378. The number of alkyl halides is 4. The van der Waals surface area contributed by atoms with Gasteiger partial charge in [0.25, 0.3) is 0 Å². The molecule has 0 aliphatic carbocycles. The van der Waals surface area contributed by atoms with Gasteiger partial charge in [-0.1, -0.05) is 12.1 Å². The number of nitrogens with one attached hydrogen (secondary N) is 2. The topological polar surface area (TPSA) is 59.6 Å². The Kier molecular flexibility index (Phi) is 6.44. The van der Waals surface area contributed by atoms with E-state index in [-0.39, 0.29) is 23.7 Å². The van der Waals surface area contributed by atoms with Gasteiger partial charge in [-0.05, 0) is 36.4 Å². The van der Waals surface area contributed by atoms with Gasteiger partial charge < -0.3 is 20.1 Å². The molecular formula is C16H14F4N2O3. The SMILES string of the molecule is O=C(CNc1ccccc1OC(F)F)Nc1ccc(OC(F)F)cc1. The van der Waals surface area contributed by atoms with E-state index in [9.17, 15) is 22.4 Å². The van der Waals surface area contributed by atoms with Crippen LogP contribution in [0.15, 0.2) is 48.5 Å². The number of carbonyl (C=O) groups is 1. The van der Waals surface area contributed by atoms with E-state index in [0.717, 1.165) is 0 Å². The number of carbonyl (C=O) groups excluding carboxylic acids is 1. The van der Waals surface area contributed by atoms with Crippen molar-refractivity contribution >= 4 is 17.3 Å². The maximum atomic E-state index is 12.3. The average molecular weight is 358 g/mol. The third kappa shape index (κ3) is 6.21. The average Bonchev–Trinajstić information content (AvgIpc) is 2.55. The van der Waals surface area contributed by atoms with Crippen molar-refractivity contribution in [3.05, 3.63) is 48.5 Å². The fourth-order valence-electron chi connectivity index (χ4n) is 1.91. The Bertz CT molecular complexity index is 696. The van der Waals surface area contributed by atoms with Gasteiger partial charge >= 0.3 is 13.2 Å². The number of para-hydroxylation sites is 2. The van der Waals surface area contributed by atoms with E-state index in [0.29, 0.717) is 5.69 Å². The van der Waals surface area contributed by atoms with E-state index >= 15 is 0 Å². The zero-order chi connectivity index (χ0) is 18.2. The summed E-state index contributed by atoms with van der Waals surface area (Å²) in [5.41, 5.74) is 0.601. The first-order valence-electron chi connectivity index (χ1n) is 7.06. The standard InChI is InChI=1S/C16H14F4N2O3/c17-15(18)24-11-7-5-10(6-8-11)22-14(23)9-21-12-3-1-2-4-13(12)25-16(19)20/h1-8,15-16,21H,9H2,(H,22,23). The van der Waals surface area contributed by atoms with Crippen LogP contribution in [-0.2, 0) is 4.79 Å². The number of amides is 1. The van der Waals surface area contributed by atoms with Gasteiger partial charge in [0, 0.05) is 5.69 Å². The molecule has 2 rings (SSSR count). The van der Waals surface area contributed by atoms with Crippen LogP contribution >= 0.6 is 0 Å². The molecular weight excluding hydrogens is 344 g/mol.